The van der Waals surface area contributed by atoms with Gasteiger partial charge in [-0.15, -0.1) is 0 Å². The van der Waals surface area contributed by atoms with Crippen LogP contribution in [-0.4, -0.2) is 11.3 Å². The Balaban J connectivity index is 3.13. The van der Waals surface area contributed by atoms with Gasteiger partial charge in [-0.2, -0.15) is 13.2 Å². The molecule has 0 saturated heterocycles. The van der Waals surface area contributed by atoms with Crippen molar-refractivity contribution in [2.45, 2.75) is 51.6 Å². The predicted octanol–water partition coefficient (Wildman–Crippen LogP) is 3.81. The fraction of sp³-hybridized carbons (Fsp3) is 0.727. The second-order valence-electron chi connectivity index (χ2n) is 5.45. The smallest absolute Gasteiger partial charge is 0.361 e. The van der Waals surface area contributed by atoms with Gasteiger partial charge in [0, 0.05) is 11.5 Å². The molecule has 0 radical (unpaired) electrons. The van der Waals surface area contributed by atoms with Gasteiger partial charge >= 0.3 is 6.18 Å². The van der Waals surface area contributed by atoms with Crippen molar-refractivity contribution in [2.75, 3.05) is 0 Å². The van der Waals surface area contributed by atoms with Crippen LogP contribution in [0.15, 0.2) is 10.6 Å². The molecule has 0 aromatic carbocycles. The number of alkyl halides is 3. The van der Waals surface area contributed by atoms with Crippen molar-refractivity contribution in [1.82, 2.24) is 5.16 Å². The van der Waals surface area contributed by atoms with E-state index in [9.17, 15) is 13.2 Å². The maximum absolute atomic E-state index is 12.7. The van der Waals surface area contributed by atoms with E-state index < -0.39 is 11.6 Å². The standard InChI is InChI=1S/C11H16F3NO/c1-9(2,3)8-6-7(15-16-8)10(4,5)11(12,13)14/h6H,1-5H3. The Morgan fingerprint density at radius 3 is 1.88 bits per heavy atom. The zero-order chi connectivity index (χ0) is 12.8. The first kappa shape index (κ1) is 13.1. The summed E-state index contributed by atoms with van der Waals surface area (Å²) >= 11 is 0. The van der Waals surface area contributed by atoms with E-state index in [4.69, 9.17) is 4.52 Å². The van der Waals surface area contributed by atoms with E-state index in [-0.39, 0.29) is 11.1 Å². The monoisotopic (exact) mass is 235 g/mol. The van der Waals surface area contributed by atoms with Gasteiger partial charge in [-0.3, -0.25) is 0 Å². The van der Waals surface area contributed by atoms with E-state index in [0.29, 0.717) is 5.76 Å². The second kappa shape index (κ2) is 3.50. The molecular formula is C11H16F3NO. The molecule has 2 nitrogen and oxygen atoms in total. The first-order chi connectivity index (χ1) is 6.96. The molecule has 0 N–H and O–H groups in total. The van der Waals surface area contributed by atoms with Gasteiger partial charge in [-0.05, 0) is 13.8 Å². The molecule has 0 bridgehead atoms. The Kier molecular flexibility index (Phi) is 2.86. The normalized spacial score (nSPS) is 14.2. The molecule has 0 aliphatic carbocycles. The molecule has 0 aliphatic heterocycles. The Labute approximate surface area is 92.8 Å². The highest BCUT2D eigenvalue weighted by Gasteiger charge is 2.50. The van der Waals surface area contributed by atoms with E-state index in [0.717, 1.165) is 13.8 Å². The highest BCUT2D eigenvalue weighted by molar-refractivity contribution is 5.21. The molecule has 0 amide bonds. The fourth-order valence-electron chi connectivity index (χ4n) is 1.07. The summed E-state index contributed by atoms with van der Waals surface area (Å²) in [4.78, 5) is 0. The Morgan fingerprint density at radius 1 is 1.06 bits per heavy atom. The molecular weight excluding hydrogens is 219 g/mol. The maximum atomic E-state index is 12.7. The van der Waals surface area contributed by atoms with Gasteiger partial charge in [0.1, 0.15) is 11.2 Å². The molecule has 5 heteroatoms. The third-order valence-corrected chi connectivity index (χ3v) is 2.60. The number of halogens is 3. The first-order valence-electron chi connectivity index (χ1n) is 5.00. The quantitative estimate of drug-likeness (QED) is 0.739. The lowest BCUT2D eigenvalue weighted by Gasteiger charge is -2.24. The number of nitrogens with zero attached hydrogens (tertiary/aromatic N) is 1. The SMILES string of the molecule is CC(C)(C)c1cc(C(C)(C)C(F)(F)F)no1. The van der Waals surface area contributed by atoms with Gasteiger partial charge in [0.25, 0.3) is 0 Å². The van der Waals surface area contributed by atoms with Crippen molar-refractivity contribution in [3.63, 3.8) is 0 Å². The summed E-state index contributed by atoms with van der Waals surface area (Å²) in [5.74, 6) is 0.458. The summed E-state index contributed by atoms with van der Waals surface area (Å²) in [5, 5.41) is 3.53. The number of hydrogen-bond donors (Lipinski definition) is 0. The third kappa shape index (κ3) is 2.23. The summed E-state index contributed by atoms with van der Waals surface area (Å²) in [7, 11) is 0. The van der Waals surface area contributed by atoms with Gasteiger partial charge in [-0.25, -0.2) is 0 Å². The maximum Gasteiger partial charge on any atom is 0.399 e. The molecule has 0 spiro atoms. The third-order valence-electron chi connectivity index (χ3n) is 2.60. The van der Waals surface area contributed by atoms with Gasteiger partial charge < -0.3 is 4.52 Å². The van der Waals surface area contributed by atoms with Gasteiger partial charge in [-0.1, -0.05) is 25.9 Å². The van der Waals surface area contributed by atoms with E-state index in [1.807, 2.05) is 20.8 Å². The second-order valence-corrected chi connectivity index (χ2v) is 5.45. The molecule has 1 heterocycles. The summed E-state index contributed by atoms with van der Waals surface area (Å²) in [6.07, 6.45) is -4.33. The van der Waals surface area contributed by atoms with Crippen molar-refractivity contribution in [3.8, 4) is 0 Å². The summed E-state index contributed by atoms with van der Waals surface area (Å²) in [6, 6.07) is 1.38. The molecule has 0 saturated carbocycles. The van der Waals surface area contributed by atoms with Crippen molar-refractivity contribution in [1.29, 1.82) is 0 Å². The molecule has 0 atom stereocenters. The highest BCUT2D eigenvalue weighted by Crippen LogP contribution is 2.40. The van der Waals surface area contributed by atoms with Crippen LogP contribution in [0.25, 0.3) is 0 Å². The minimum atomic E-state index is -4.33. The van der Waals surface area contributed by atoms with Crippen LogP contribution < -0.4 is 0 Å². The fourth-order valence-corrected chi connectivity index (χ4v) is 1.07. The minimum Gasteiger partial charge on any atom is -0.361 e. The zero-order valence-corrected chi connectivity index (χ0v) is 10.1. The topological polar surface area (TPSA) is 26.0 Å². The summed E-state index contributed by atoms with van der Waals surface area (Å²) in [6.45, 7) is 7.77. The molecule has 0 fully saturated rings. The van der Waals surface area contributed by atoms with E-state index in [2.05, 4.69) is 5.16 Å². The molecule has 1 rings (SSSR count). The predicted molar refractivity (Wildman–Crippen MR) is 54.3 cm³/mol. The van der Waals surface area contributed by atoms with Crippen molar-refractivity contribution in [3.05, 3.63) is 17.5 Å². The number of hydrogen-bond acceptors (Lipinski definition) is 2. The molecule has 0 aliphatic rings. The molecule has 1 aromatic heterocycles. The van der Waals surface area contributed by atoms with Crippen LogP contribution in [0.2, 0.25) is 0 Å². The van der Waals surface area contributed by atoms with E-state index in [1.54, 1.807) is 0 Å². The van der Waals surface area contributed by atoms with Crippen LogP contribution in [0.1, 0.15) is 46.1 Å². The average Bonchev–Trinajstić information content (AvgIpc) is 2.47. The molecule has 1 aromatic rings. The first-order valence-corrected chi connectivity index (χ1v) is 5.00. The van der Waals surface area contributed by atoms with Gasteiger partial charge in [0.2, 0.25) is 0 Å². The largest absolute Gasteiger partial charge is 0.399 e. The molecule has 0 unspecified atom stereocenters. The lowest BCUT2D eigenvalue weighted by atomic mass is 9.86. The Hall–Kier alpha value is -1.00. The van der Waals surface area contributed by atoms with Crippen LogP contribution in [-0.2, 0) is 10.8 Å². The van der Waals surface area contributed by atoms with Crippen LogP contribution in [0.5, 0.6) is 0 Å². The van der Waals surface area contributed by atoms with Crippen LogP contribution in [0.3, 0.4) is 0 Å². The van der Waals surface area contributed by atoms with Crippen molar-refractivity contribution in [2.24, 2.45) is 0 Å². The Morgan fingerprint density at radius 2 is 1.56 bits per heavy atom. The zero-order valence-electron chi connectivity index (χ0n) is 10.1. The molecule has 92 valence electrons. The molecule has 16 heavy (non-hydrogen) atoms. The van der Waals surface area contributed by atoms with Crippen molar-refractivity contribution < 1.29 is 17.7 Å². The summed E-state index contributed by atoms with van der Waals surface area (Å²) in [5.41, 5.74) is -2.41. The van der Waals surface area contributed by atoms with Gasteiger partial charge in [0.15, 0.2) is 0 Å². The minimum absolute atomic E-state index is 0.0788. The van der Waals surface area contributed by atoms with Crippen LogP contribution >= 0.6 is 0 Å². The number of aromatic nitrogens is 1. The highest BCUT2D eigenvalue weighted by atomic mass is 19.4. The lowest BCUT2D eigenvalue weighted by Crippen LogP contribution is -2.36. The van der Waals surface area contributed by atoms with Crippen LogP contribution in [0.4, 0.5) is 13.2 Å². The number of rotatable bonds is 1. The van der Waals surface area contributed by atoms with E-state index >= 15 is 0 Å². The van der Waals surface area contributed by atoms with Crippen LogP contribution in [0, 0.1) is 0 Å². The average molecular weight is 235 g/mol. The van der Waals surface area contributed by atoms with E-state index in [1.165, 1.54) is 6.07 Å². The van der Waals surface area contributed by atoms with Gasteiger partial charge in [0.05, 0.1) is 5.69 Å². The van der Waals surface area contributed by atoms with Crippen molar-refractivity contribution >= 4 is 0 Å². The summed E-state index contributed by atoms with van der Waals surface area (Å²) < 4.78 is 43.2. The Bertz CT molecular complexity index is 371. The lowest BCUT2D eigenvalue weighted by molar-refractivity contribution is -0.181.